The second-order valence-corrected chi connectivity index (χ2v) is 9.82. The Labute approximate surface area is 184 Å². The zero-order valence-electron chi connectivity index (χ0n) is 16.6. The van der Waals surface area contributed by atoms with Crippen molar-refractivity contribution in [1.82, 2.24) is 9.88 Å². The van der Waals surface area contributed by atoms with Crippen molar-refractivity contribution in [2.75, 3.05) is 17.8 Å². The summed E-state index contributed by atoms with van der Waals surface area (Å²) in [5, 5.41) is 1.66. The molecule has 1 aliphatic rings. The van der Waals surface area contributed by atoms with Crippen LogP contribution >= 0.6 is 11.3 Å². The molecule has 3 aromatic rings. The number of piperidine rings is 1. The van der Waals surface area contributed by atoms with E-state index in [1.165, 1.54) is 17.5 Å². The van der Waals surface area contributed by atoms with Gasteiger partial charge in [-0.2, -0.15) is 0 Å². The van der Waals surface area contributed by atoms with Crippen LogP contribution in [-0.2, 0) is 10.0 Å². The van der Waals surface area contributed by atoms with E-state index in [1.54, 1.807) is 35.2 Å². The van der Waals surface area contributed by atoms with Gasteiger partial charge < -0.3 is 4.90 Å². The second-order valence-electron chi connectivity index (χ2n) is 7.28. The van der Waals surface area contributed by atoms with Crippen LogP contribution in [0.25, 0.3) is 0 Å². The molecule has 0 bridgehead atoms. The smallest absolute Gasteiger partial charge is 0.273 e. The molecule has 160 valence electrons. The van der Waals surface area contributed by atoms with Gasteiger partial charge in [-0.1, -0.05) is 48.5 Å². The topological polar surface area (TPSA) is 96.4 Å². The highest BCUT2D eigenvalue weighted by Gasteiger charge is 2.30. The van der Waals surface area contributed by atoms with Gasteiger partial charge in [-0.3, -0.25) is 14.3 Å². The van der Waals surface area contributed by atoms with Crippen LogP contribution in [-0.4, -0.2) is 43.1 Å². The highest BCUT2D eigenvalue weighted by molar-refractivity contribution is 7.93. The number of amides is 1. The van der Waals surface area contributed by atoms with Crippen LogP contribution in [0.5, 0.6) is 0 Å². The van der Waals surface area contributed by atoms with Crippen LogP contribution in [0.1, 0.15) is 33.7 Å². The molecule has 0 aliphatic carbocycles. The number of rotatable bonds is 6. The fourth-order valence-electron chi connectivity index (χ4n) is 3.57. The summed E-state index contributed by atoms with van der Waals surface area (Å²) in [6.45, 7) is 0.870. The maximum atomic E-state index is 12.9. The fraction of sp³-hybridized carbons (Fsp3) is 0.227. The Bertz CT molecular complexity index is 1180. The largest absolute Gasteiger partial charge is 0.337 e. The molecule has 7 nitrogen and oxygen atoms in total. The first-order valence-corrected chi connectivity index (χ1v) is 12.2. The molecule has 1 saturated heterocycles. The molecule has 4 rings (SSSR count). The molecule has 9 heteroatoms. The number of thiazole rings is 1. The maximum Gasteiger partial charge on any atom is 0.273 e. The van der Waals surface area contributed by atoms with Crippen molar-refractivity contribution < 1.29 is 18.0 Å². The molecule has 2 heterocycles. The van der Waals surface area contributed by atoms with E-state index in [0.717, 1.165) is 24.2 Å². The number of nitrogens with one attached hydrogen (secondary N) is 1. The lowest BCUT2D eigenvalue weighted by Gasteiger charge is -2.31. The van der Waals surface area contributed by atoms with E-state index in [4.69, 9.17) is 0 Å². The Morgan fingerprint density at radius 1 is 1.03 bits per heavy atom. The van der Waals surface area contributed by atoms with Crippen molar-refractivity contribution in [3.8, 4) is 0 Å². The van der Waals surface area contributed by atoms with Gasteiger partial charge in [-0.15, -0.1) is 11.3 Å². The first kappa shape index (κ1) is 21.2. The van der Waals surface area contributed by atoms with Crippen molar-refractivity contribution >= 4 is 38.2 Å². The first-order chi connectivity index (χ1) is 14.9. The number of sulfonamides is 1. The molecule has 2 aromatic carbocycles. The molecule has 1 atom stereocenters. The molecule has 0 radical (unpaired) electrons. The zero-order chi connectivity index (χ0) is 21.8. The summed E-state index contributed by atoms with van der Waals surface area (Å²) in [5.41, 5.74) is 0.816. The number of nitrogens with zero attached hydrogens (tertiary/aromatic N) is 2. The minimum atomic E-state index is -3.77. The maximum absolute atomic E-state index is 12.9. The number of likely N-dealkylation sites (tertiary alicyclic amines) is 1. The quantitative estimate of drug-likeness (QED) is 0.572. The molecule has 1 amide bonds. The minimum absolute atomic E-state index is 0.0349. The number of aromatic nitrogens is 1. The lowest BCUT2D eigenvalue weighted by atomic mass is 9.90. The van der Waals surface area contributed by atoms with Gasteiger partial charge in [0.25, 0.3) is 15.9 Å². The summed E-state index contributed by atoms with van der Waals surface area (Å²) in [5.74, 6) is -0.519. The summed E-state index contributed by atoms with van der Waals surface area (Å²) in [6, 6.07) is 17.1. The Balaban J connectivity index is 1.44. The van der Waals surface area contributed by atoms with E-state index >= 15 is 0 Å². The van der Waals surface area contributed by atoms with Gasteiger partial charge in [0.05, 0.1) is 4.90 Å². The van der Waals surface area contributed by atoms with Gasteiger partial charge in [0.15, 0.2) is 10.9 Å². The third-order valence-corrected chi connectivity index (χ3v) is 7.38. The van der Waals surface area contributed by atoms with Crippen molar-refractivity contribution in [3.63, 3.8) is 0 Å². The number of hydrogen-bond donors (Lipinski definition) is 1. The molecule has 0 spiro atoms. The average Bonchev–Trinajstić information content (AvgIpc) is 3.27. The number of Topliss-reactive ketones (excluding diaryl/α,β-unsaturated/α-hetero) is 1. The summed E-state index contributed by atoms with van der Waals surface area (Å²) in [4.78, 5) is 31.6. The normalized spacial score (nSPS) is 16.6. The molecule has 1 aromatic heterocycles. The van der Waals surface area contributed by atoms with Crippen LogP contribution in [0.4, 0.5) is 5.13 Å². The van der Waals surface area contributed by atoms with Crippen LogP contribution in [0.15, 0.2) is 70.9 Å². The van der Waals surface area contributed by atoms with Gasteiger partial charge in [-0.25, -0.2) is 13.4 Å². The first-order valence-electron chi connectivity index (χ1n) is 9.86. The highest BCUT2D eigenvalue weighted by Crippen LogP contribution is 2.25. The van der Waals surface area contributed by atoms with E-state index in [-0.39, 0.29) is 33.3 Å². The number of anilines is 1. The number of hydrogen-bond acceptors (Lipinski definition) is 6. The molecule has 1 fully saturated rings. The molecule has 1 N–H and O–H groups in total. The number of benzene rings is 2. The summed E-state index contributed by atoms with van der Waals surface area (Å²) >= 11 is 1.05. The number of ketones is 1. The lowest BCUT2D eigenvalue weighted by molar-refractivity contribution is 0.0633. The van der Waals surface area contributed by atoms with Crippen LogP contribution in [0.3, 0.4) is 0 Å². The Morgan fingerprint density at radius 2 is 1.71 bits per heavy atom. The third-order valence-electron chi connectivity index (χ3n) is 5.14. The van der Waals surface area contributed by atoms with E-state index in [0.29, 0.717) is 18.7 Å². The van der Waals surface area contributed by atoms with Crippen molar-refractivity contribution in [2.45, 2.75) is 17.7 Å². The van der Waals surface area contributed by atoms with Gasteiger partial charge in [-0.05, 0) is 25.0 Å². The van der Waals surface area contributed by atoms with Gasteiger partial charge in [0.1, 0.15) is 5.69 Å². The van der Waals surface area contributed by atoms with E-state index in [2.05, 4.69) is 9.71 Å². The zero-order valence-corrected chi connectivity index (χ0v) is 18.2. The molecular weight excluding hydrogens is 434 g/mol. The fourth-order valence-corrected chi connectivity index (χ4v) is 5.53. The Hall–Kier alpha value is -3.04. The van der Waals surface area contributed by atoms with Crippen LogP contribution < -0.4 is 4.72 Å². The van der Waals surface area contributed by atoms with Gasteiger partial charge in [0.2, 0.25) is 0 Å². The van der Waals surface area contributed by atoms with Crippen LogP contribution in [0, 0.1) is 5.92 Å². The molecule has 1 aliphatic heterocycles. The van der Waals surface area contributed by atoms with Gasteiger partial charge in [0, 0.05) is 30.0 Å². The Kier molecular flexibility index (Phi) is 6.15. The second kappa shape index (κ2) is 8.99. The van der Waals surface area contributed by atoms with Crippen molar-refractivity contribution in [3.05, 3.63) is 77.3 Å². The summed E-state index contributed by atoms with van der Waals surface area (Å²) in [6.07, 6.45) is 1.46. The number of carbonyl (C=O) groups excluding carboxylic acids is 2. The minimum Gasteiger partial charge on any atom is -0.337 e. The monoisotopic (exact) mass is 455 g/mol. The molecule has 31 heavy (non-hydrogen) atoms. The third kappa shape index (κ3) is 4.83. The summed E-state index contributed by atoms with van der Waals surface area (Å²) < 4.78 is 27.3. The lowest BCUT2D eigenvalue weighted by Crippen LogP contribution is -2.42. The predicted octanol–water partition coefficient (Wildman–Crippen LogP) is 3.68. The highest BCUT2D eigenvalue weighted by atomic mass is 32.2. The molecule has 1 unspecified atom stereocenters. The van der Waals surface area contributed by atoms with E-state index in [1.807, 2.05) is 18.2 Å². The predicted molar refractivity (Wildman–Crippen MR) is 119 cm³/mol. The van der Waals surface area contributed by atoms with Gasteiger partial charge >= 0.3 is 0 Å². The van der Waals surface area contributed by atoms with E-state index in [9.17, 15) is 18.0 Å². The standard InChI is InChI=1S/C22H21N3O4S2/c26-20(16-8-3-1-4-9-16)17-10-7-13-25(14-17)21(27)19-15-30-22(23-19)24-31(28,29)18-11-5-2-6-12-18/h1-6,8-9,11-12,15,17H,7,10,13-14H2,(H,23,24). The number of carbonyl (C=O) groups is 2. The average molecular weight is 456 g/mol. The van der Waals surface area contributed by atoms with Crippen LogP contribution in [0.2, 0.25) is 0 Å². The SMILES string of the molecule is O=C(c1ccccc1)C1CCCN(C(=O)c2csc(NS(=O)(=O)c3ccccc3)n2)C1. The Morgan fingerprint density at radius 3 is 2.42 bits per heavy atom. The molecular formula is C22H21N3O4S2. The molecule has 0 saturated carbocycles. The van der Waals surface area contributed by atoms with E-state index < -0.39 is 10.0 Å². The van der Waals surface area contributed by atoms with Crippen molar-refractivity contribution in [1.29, 1.82) is 0 Å². The van der Waals surface area contributed by atoms with Crippen molar-refractivity contribution in [2.24, 2.45) is 5.92 Å². The summed E-state index contributed by atoms with van der Waals surface area (Å²) in [7, 11) is -3.77.